The molecule has 0 fully saturated rings. The molecule has 0 saturated carbocycles. The molecule has 0 spiro atoms. The smallest absolute Gasteiger partial charge is 0.379 e. The van der Waals surface area contributed by atoms with E-state index in [2.05, 4.69) is 15.7 Å². The predicted molar refractivity (Wildman–Crippen MR) is 108 cm³/mol. The highest BCUT2D eigenvalue weighted by molar-refractivity contribution is 6.07. The Morgan fingerprint density at radius 3 is 2.70 bits per heavy atom. The van der Waals surface area contributed by atoms with Crippen LogP contribution >= 0.6 is 0 Å². The Balaban J connectivity index is 1.82. The predicted octanol–water partition coefficient (Wildman–Crippen LogP) is 3.13. The van der Waals surface area contributed by atoms with Gasteiger partial charge in [0.2, 0.25) is 5.91 Å². The second kappa shape index (κ2) is 8.60. The van der Waals surface area contributed by atoms with Gasteiger partial charge < -0.3 is 15.5 Å². The summed E-state index contributed by atoms with van der Waals surface area (Å²) >= 11 is 0. The summed E-state index contributed by atoms with van der Waals surface area (Å²) in [7, 11) is 1.81. The quantitative estimate of drug-likeness (QED) is 0.513. The maximum absolute atomic E-state index is 12.7. The monoisotopic (exact) mass is 420 g/mol. The fourth-order valence-electron chi connectivity index (χ4n) is 3.23. The fraction of sp³-hybridized carbons (Fsp3) is 0.350. The van der Waals surface area contributed by atoms with E-state index in [4.69, 9.17) is 5.41 Å². The van der Waals surface area contributed by atoms with Crippen molar-refractivity contribution in [1.29, 1.82) is 5.41 Å². The number of nitrogens with zero attached hydrogens (tertiary/aromatic N) is 3. The minimum atomic E-state index is -4.37. The van der Waals surface area contributed by atoms with Crippen molar-refractivity contribution >= 4 is 17.4 Å². The molecule has 3 N–H and O–H groups in total. The van der Waals surface area contributed by atoms with Crippen LogP contribution < -0.4 is 10.6 Å². The molecule has 0 atom stereocenters. The lowest BCUT2D eigenvalue weighted by molar-refractivity contribution is -0.129. The number of rotatable bonds is 5. The Hall–Kier alpha value is -3.30. The van der Waals surface area contributed by atoms with Crippen LogP contribution in [0.4, 0.5) is 18.9 Å². The van der Waals surface area contributed by atoms with E-state index in [1.807, 2.05) is 31.4 Å². The second-order valence-corrected chi connectivity index (χ2v) is 7.10. The molecule has 30 heavy (non-hydrogen) atoms. The molecule has 1 amide bonds. The number of carbonyl (C=O) groups excluding carboxylic acids is 1. The molecule has 0 radical (unpaired) electrons. The molecule has 160 valence electrons. The minimum Gasteiger partial charge on any atom is -0.379 e. The highest BCUT2D eigenvalue weighted by atomic mass is 19.4. The lowest BCUT2D eigenvalue weighted by atomic mass is 10.0. The summed E-state index contributed by atoms with van der Waals surface area (Å²) in [6, 6.07) is 7.32. The van der Waals surface area contributed by atoms with E-state index in [9.17, 15) is 18.0 Å². The first-order valence-corrected chi connectivity index (χ1v) is 9.35. The third-order valence-electron chi connectivity index (χ3n) is 4.76. The van der Waals surface area contributed by atoms with E-state index >= 15 is 0 Å². The van der Waals surface area contributed by atoms with Crippen LogP contribution in [0.3, 0.4) is 0 Å². The lowest BCUT2D eigenvalue weighted by Gasteiger charge is -2.31. The fourth-order valence-corrected chi connectivity index (χ4v) is 3.23. The number of aromatic nitrogens is 2. The van der Waals surface area contributed by atoms with Gasteiger partial charge in [-0.2, -0.15) is 18.3 Å². The number of hydrogen-bond donors (Lipinski definition) is 3. The topological polar surface area (TPSA) is 86.0 Å². The summed E-state index contributed by atoms with van der Waals surface area (Å²) < 4.78 is 39.7. The molecule has 0 saturated heterocycles. The standard InChI is InChI=1S/C20H23F3N6O/c1-13(30)29-7-6-18(25-12-20(21,22)23)17(11-29)19(24)27-16-5-3-4-14(8-16)15-9-26-28(2)10-15/h3-5,8-10,25H,6-7,11-12H2,1-2H3,(H2,24,27). The number of aryl methyl sites for hydroxylation is 1. The van der Waals surface area contributed by atoms with Crippen LogP contribution in [-0.2, 0) is 11.8 Å². The van der Waals surface area contributed by atoms with E-state index in [1.54, 1.807) is 16.9 Å². The summed E-state index contributed by atoms with van der Waals surface area (Å²) in [5.74, 6) is -0.234. The van der Waals surface area contributed by atoms with Crippen molar-refractivity contribution in [2.75, 3.05) is 25.0 Å². The maximum atomic E-state index is 12.7. The van der Waals surface area contributed by atoms with E-state index in [0.717, 1.165) is 11.1 Å². The number of anilines is 1. The van der Waals surface area contributed by atoms with Crippen LogP contribution in [0.15, 0.2) is 47.9 Å². The molecule has 0 bridgehead atoms. The van der Waals surface area contributed by atoms with Gasteiger partial charge in [0.25, 0.3) is 0 Å². The average Bonchev–Trinajstić information content (AvgIpc) is 3.12. The number of benzene rings is 1. The van der Waals surface area contributed by atoms with Crippen LogP contribution in [-0.4, -0.2) is 52.2 Å². The number of nitrogens with one attached hydrogen (secondary N) is 3. The summed E-state index contributed by atoms with van der Waals surface area (Å²) in [6.07, 6.45) is -0.565. The zero-order valence-electron chi connectivity index (χ0n) is 16.7. The van der Waals surface area contributed by atoms with Gasteiger partial charge in [-0.25, -0.2) is 0 Å². The van der Waals surface area contributed by atoms with Gasteiger partial charge >= 0.3 is 6.18 Å². The van der Waals surface area contributed by atoms with Gasteiger partial charge in [0.15, 0.2) is 0 Å². The molecule has 0 aliphatic carbocycles. The molecule has 1 aliphatic heterocycles. The third-order valence-corrected chi connectivity index (χ3v) is 4.76. The molecular formula is C20H23F3N6O. The van der Waals surface area contributed by atoms with Crippen molar-refractivity contribution in [1.82, 2.24) is 20.0 Å². The molecule has 1 aromatic carbocycles. The number of hydrogen-bond acceptors (Lipinski definition) is 4. The van der Waals surface area contributed by atoms with Gasteiger partial charge in [-0.1, -0.05) is 12.1 Å². The van der Waals surface area contributed by atoms with Gasteiger partial charge in [0.1, 0.15) is 12.4 Å². The van der Waals surface area contributed by atoms with Crippen molar-refractivity contribution in [3.63, 3.8) is 0 Å². The SMILES string of the molecule is CC(=O)N1CCC(NCC(F)(F)F)=C(C(=N)Nc2cccc(-c3cnn(C)c3)c2)C1. The number of carbonyl (C=O) groups is 1. The molecule has 1 aliphatic rings. The van der Waals surface area contributed by atoms with Crippen molar-refractivity contribution in [2.24, 2.45) is 7.05 Å². The van der Waals surface area contributed by atoms with E-state index in [1.165, 1.54) is 11.8 Å². The molecule has 0 unspecified atom stereocenters. The Kier molecular flexibility index (Phi) is 6.14. The maximum Gasteiger partial charge on any atom is 0.405 e. The second-order valence-electron chi connectivity index (χ2n) is 7.10. The zero-order chi connectivity index (χ0) is 21.9. The molecule has 1 aromatic heterocycles. The van der Waals surface area contributed by atoms with Crippen molar-refractivity contribution in [2.45, 2.75) is 19.5 Å². The summed E-state index contributed by atoms with van der Waals surface area (Å²) in [5, 5.41) is 17.9. The van der Waals surface area contributed by atoms with Crippen molar-refractivity contribution in [3.05, 3.63) is 47.9 Å². The highest BCUT2D eigenvalue weighted by Crippen LogP contribution is 2.24. The average molecular weight is 420 g/mol. The molecule has 7 nitrogen and oxygen atoms in total. The minimum absolute atomic E-state index is 0.0473. The lowest BCUT2D eigenvalue weighted by Crippen LogP contribution is -2.42. The van der Waals surface area contributed by atoms with E-state index in [-0.39, 0.29) is 24.7 Å². The van der Waals surface area contributed by atoms with E-state index < -0.39 is 12.7 Å². The van der Waals surface area contributed by atoms with Gasteiger partial charge in [0, 0.05) is 55.7 Å². The number of alkyl halides is 3. The normalized spacial score (nSPS) is 14.6. The zero-order valence-corrected chi connectivity index (χ0v) is 16.7. The van der Waals surface area contributed by atoms with Crippen molar-refractivity contribution < 1.29 is 18.0 Å². The molecular weight excluding hydrogens is 397 g/mol. The summed E-state index contributed by atoms with van der Waals surface area (Å²) in [4.78, 5) is 13.3. The molecule has 10 heteroatoms. The van der Waals surface area contributed by atoms with Crippen LogP contribution in [0.2, 0.25) is 0 Å². The van der Waals surface area contributed by atoms with Crippen LogP contribution in [0, 0.1) is 5.41 Å². The van der Waals surface area contributed by atoms with Crippen LogP contribution in [0.1, 0.15) is 13.3 Å². The largest absolute Gasteiger partial charge is 0.405 e. The van der Waals surface area contributed by atoms with Crippen molar-refractivity contribution in [3.8, 4) is 11.1 Å². The highest BCUT2D eigenvalue weighted by Gasteiger charge is 2.30. The Bertz CT molecular complexity index is 979. The Labute approximate surface area is 172 Å². The summed E-state index contributed by atoms with van der Waals surface area (Å²) in [5.41, 5.74) is 3.07. The van der Waals surface area contributed by atoms with Gasteiger partial charge in [-0.3, -0.25) is 14.9 Å². The van der Waals surface area contributed by atoms with Crippen LogP contribution in [0.5, 0.6) is 0 Å². The first-order chi connectivity index (χ1) is 14.1. The molecule has 2 heterocycles. The van der Waals surface area contributed by atoms with Gasteiger partial charge in [-0.15, -0.1) is 0 Å². The van der Waals surface area contributed by atoms with Gasteiger partial charge in [-0.05, 0) is 17.7 Å². The number of halogens is 3. The number of amidine groups is 1. The summed E-state index contributed by atoms with van der Waals surface area (Å²) in [6.45, 7) is 0.600. The van der Waals surface area contributed by atoms with Crippen LogP contribution in [0.25, 0.3) is 11.1 Å². The molecule has 3 rings (SSSR count). The first kappa shape index (κ1) is 21.4. The number of amides is 1. The third kappa shape index (κ3) is 5.40. The van der Waals surface area contributed by atoms with E-state index in [0.29, 0.717) is 23.5 Å². The Morgan fingerprint density at radius 2 is 2.07 bits per heavy atom. The first-order valence-electron chi connectivity index (χ1n) is 9.35. The molecule has 2 aromatic rings. The van der Waals surface area contributed by atoms with Gasteiger partial charge in [0.05, 0.1) is 12.7 Å². The Morgan fingerprint density at radius 1 is 1.30 bits per heavy atom.